The molecule has 18 heavy (non-hydrogen) atoms. The van der Waals surface area contributed by atoms with E-state index < -0.39 is 47.1 Å². The molecule has 0 fully saturated rings. The summed E-state index contributed by atoms with van der Waals surface area (Å²) in [6.45, 7) is 0. The van der Waals surface area contributed by atoms with Crippen LogP contribution in [0.25, 0.3) is 0 Å². The average molecular weight is 299 g/mol. The summed E-state index contributed by atoms with van der Waals surface area (Å²) < 4.78 is 75.1. The Kier molecular flexibility index (Phi) is 5.77. The van der Waals surface area contributed by atoms with Crippen molar-refractivity contribution in [1.82, 2.24) is 5.32 Å². The molecule has 0 bridgehead atoms. The van der Waals surface area contributed by atoms with E-state index in [0.717, 1.165) is 12.4 Å². The SMILES string of the molecule is COC(=O)[C@H](CSC(F)(F)F)NC(=O)C(F)(F)F. The van der Waals surface area contributed by atoms with E-state index in [9.17, 15) is 35.9 Å². The molecular formula is C7H7F6NO3S. The normalized spacial score (nSPS) is 13.9. The van der Waals surface area contributed by atoms with Crippen molar-refractivity contribution < 1.29 is 40.7 Å². The highest BCUT2D eigenvalue weighted by atomic mass is 32.2. The second-order valence-electron chi connectivity index (χ2n) is 2.80. The van der Waals surface area contributed by atoms with Gasteiger partial charge in [-0.1, -0.05) is 0 Å². The fourth-order valence-electron chi connectivity index (χ4n) is 0.729. The Bertz CT molecular complexity index is 315. The minimum atomic E-state index is -5.30. The lowest BCUT2D eigenvalue weighted by Gasteiger charge is -2.17. The van der Waals surface area contributed by atoms with E-state index in [1.807, 2.05) is 0 Å². The average Bonchev–Trinajstić information content (AvgIpc) is 2.19. The maximum absolute atomic E-state index is 11.9. The van der Waals surface area contributed by atoms with Crippen LogP contribution in [0.5, 0.6) is 0 Å². The maximum Gasteiger partial charge on any atom is 0.471 e. The summed E-state index contributed by atoms with van der Waals surface area (Å²) in [6, 6.07) is -2.03. The van der Waals surface area contributed by atoms with E-state index in [-0.39, 0.29) is 0 Å². The lowest BCUT2D eigenvalue weighted by Crippen LogP contribution is -2.48. The van der Waals surface area contributed by atoms with Gasteiger partial charge in [0.2, 0.25) is 0 Å². The number of ether oxygens (including phenoxy) is 1. The minimum absolute atomic E-state index is 0.745. The van der Waals surface area contributed by atoms with Crippen LogP contribution >= 0.6 is 11.8 Å². The number of hydrogen-bond acceptors (Lipinski definition) is 4. The second-order valence-corrected chi connectivity index (χ2v) is 3.89. The zero-order chi connectivity index (χ0) is 14.6. The van der Waals surface area contributed by atoms with Crippen LogP contribution in [0.4, 0.5) is 26.3 Å². The van der Waals surface area contributed by atoms with Crippen LogP contribution in [0.2, 0.25) is 0 Å². The van der Waals surface area contributed by atoms with E-state index in [1.165, 1.54) is 0 Å². The van der Waals surface area contributed by atoms with Crippen molar-refractivity contribution in [1.29, 1.82) is 0 Å². The number of methoxy groups -OCH3 is 1. The number of nitrogens with one attached hydrogen (secondary N) is 1. The molecule has 0 aliphatic carbocycles. The zero-order valence-electron chi connectivity index (χ0n) is 8.69. The first-order valence-electron chi connectivity index (χ1n) is 4.13. The molecule has 0 aromatic carbocycles. The summed E-state index contributed by atoms with van der Waals surface area (Å²) in [6.07, 6.45) is -5.30. The Labute approximate surface area is 101 Å². The maximum atomic E-state index is 11.9. The number of carbonyl (C=O) groups is 2. The Hall–Kier alpha value is -1.13. The molecule has 11 heteroatoms. The number of halogens is 6. The van der Waals surface area contributed by atoms with E-state index in [1.54, 1.807) is 0 Å². The first kappa shape index (κ1) is 16.9. The van der Waals surface area contributed by atoms with Crippen molar-refractivity contribution in [2.24, 2.45) is 0 Å². The molecule has 0 radical (unpaired) electrons. The topological polar surface area (TPSA) is 55.4 Å². The molecule has 1 N–H and O–H groups in total. The molecule has 0 unspecified atom stereocenters. The molecule has 4 nitrogen and oxygen atoms in total. The molecule has 106 valence electrons. The molecule has 0 saturated carbocycles. The fraction of sp³-hybridized carbons (Fsp3) is 0.714. The molecule has 0 rings (SSSR count). The molecular weight excluding hydrogens is 292 g/mol. The van der Waals surface area contributed by atoms with Crippen LogP contribution in [-0.2, 0) is 14.3 Å². The van der Waals surface area contributed by atoms with Gasteiger partial charge in [0, 0.05) is 5.75 Å². The van der Waals surface area contributed by atoms with Crippen molar-refractivity contribution in [2.75, 3.05) is 12.9 Å². The molecule has 1 atom stereocenters. The smallest absolute Gasteiger partial charge is 0.467 e. The van der Waals surface area contributed by atoms with Crippen LogP contribution < -0.4 is 5.32 Å². The number of rotatable bonds is 4. The number of hydrogen-bond donors (Lipinski definition) is 1. The number of alkyl halides is 6. The third-order valence-electron chi connectivity index (χ3n) is 1.46. The van der Waals surface area contributed by atoms with Gasteiger partial charge in [0.15, 0.2) is 0 Å². The van der Waals surface area contributed by atoms with Gasteiger partial charge in [0.25, 0.3) is 0 Å². The Morgan fingerprint density at radius 1 is 1.22 bits per heavy atom. The number of carbonyl (C=O) groups excluding carboxylic acids is 2. The van der Waals surface area contributed by atoms with Crippen molar-refractivity contribution in [3.05, 3.63) is 0 Å². The van der Waals surface area contributed by atoms with E-state index >= 15 is 0 Å². The highest BCUT2D eigenvalue weighted by molar-refractivity contribution is 8.00. The van der Waals surface area contributed by atoms with Gasteiger partial charge in [-0.05, 0) is 11.8 Å². The lowest BCUT2D eigenvalue weighted by atomic mass is 10.3. The molecule has 0 saturated heterocycles. The van der Waals surface area contributed by atoms with Gasteiger partial charge < -0.3 is 10.1 Å². The van der Waals surface area contributed by atoms with Crippen LogP contribution in [0, 0.1) is 0 Å². The van der Waals surface area contributed by atoms with Gasteiger partial charge in [-0.15, -0.1) is 0 Å². The standard InChI is InChI=1S/C7H7F6NO3S/c1-17-4(15)3(2-18-7(11,12)13)14-5(16)6(8,9)10/h3H,2H2,1H3,(H,14,16)/t3-/m0/s1. The first-order chi connectivity index (χ1) is 7.97. The third kappa shape index (κ3) is 6.57. The lowest BCUT2D eigenvalue weighted by molar-refractivity contribution is -0.175. The molecule has 0 aromatic rings. The summed E-state index contributed by atoms with van der Waals surface area (Å²) in [5.74, 6) is -5.03. The van der Waals surface area contributed by atoms with Gasteiger partial charge >= 0.3 is 23.6 Å². The van der Waals surface area contributed by atoms with Crippen molar-refractivity contribution >= 4 is 23.6 Å². The third-order valence-corrected chi connectivity index (χ3v) is 2.29. The Balaban J connectivity index is 4.61. The molecule has 1 amide bonds. The van der Waals surface area contributed by atoms with Gasteiger partial charge in [0.05, 0.1) is 7.11 Å². The second kappa shape index (κ2) is 6.16. The summed E-state index contributed by atoms with van der Waals surface area (Å²) in [5, 5.41) is 1.12. The van der Waals surface area contributed by atoms with E-state index in [2.05, 4.69) is 4.74 Å². The van der Waals surface area contributed by atoms with Crippen LogP contribution in [-0.4, -0.2) is 42.5 Å². The van der Waals surface area contributed by atoms with Crippen molar-refractivity contribution in [3.8, 4) is 0 Å². The molecule has 0 spiro atoms. The quantitative estimate of drug-likeness (QED) is 0.631. The number of esters is 1. The van der Waals surface area contributed by atoms with Crippen molar-refractivity contribution in [2.45, 2.75) is 17.7 Å². The van der Waals surface area contributed by atoms with Crippen LogP contribution in [0.15, 0.2) is 0 Å². The highest BCUT2D eigenvalue weighted by Gasteiger charge is 2.42. The van der Waals surface area contributed by atoms with Crippen molar-refractivity contribution in [3.63, 3.8) is 0 Å². The summed E-state index contributed by atoms with van der Waals surface area (Å²) >= 11 is -0.745. The number of thioether (sulfide) groups is 1. The molecule has 0 aliphatic rings. The summed E-state index contributed by atoms with van der Waals surface area (Å²) in [4.78, 5) is 21.4. The largest absolute Gasteiger partial charge is 0.471 e. The Morgan fingerprint density at radius 2 is 1.72 bits per heavy atom. The van der Waals surface area contributed by atoms with Gasteiger partial charge in [-0.25, -0.2) is 4.79 Å². The van der Waals surface area contributed by atoms with Crippen LogP contribution in [0.1, 0.15) is 0 Å². The fourth-order valence-corrected chi connectivity index (χ4v) is 1.30. The van der Waals surface area contributed by atoms with Gasteiger partial charge in [0.1, 0.15) is 6.04 Å². The van der Waals surface area contributed by atoms with Gasteiger partial charge in [-0.3, -0.25) is 4.79 Å². The minimum Gasteiger partial charge on any atom is -0.467 e. The van der Waals surface area contributed by atoms with E-state index in [4.69, 9.17) is 0 Å². The monoisotopic (exact) mass is 299 g/mol. The van der Waals surface area contributed by atoms with E-state index in [0.29, 0.717) is 0 Å². The Morgan fingerprint density at radius 3 is 2.06 bits per heavy atom. The molecule has 0 aromatic heterocycles. The van der Waals surface area contributed by atoms with Crippen LogP contribution in [0.3, 0.4) is 0 Å². The summed E-state index contributed by atoms with van der Waals surface area (Å²) in [7, 11) is 0.771. The highest BCUT2D eigenvalue weighted by Crippen LogP contribution is 2.30. The number of amides is 1. The predicted octanol–water partition coefficient (Wildman–Crippen LogP) is 1.46. The zero-order valence-corrected chi connectivity index (χ0v) is 9.50. The summed E-state index contributed by atoms with van der Waals surface area (Å²) in [5.41, 5.74) is -4.74. The van der Waals surface area contributed by atoms with Gasteiger partial charge in [-0.2, -0.15) is 26.3 Å². The first-order valence-corrected chi connectivity index (χ1v) is 5.12. The predicted molar refractivity (Wildman–Crippen MR) is 48.5 cm³/mol. The molecule has 0 aliphatic heterocycles. The molecule has 0 heterocycles.